The summed E-state index contributed by atoms with van der Waals surface area (Å²) in [5, 5.41) is 8.31. The van der Waals surface area contributed by atoms with Crippen LogP contribution >= 0.6 is 15.9 Å². The maximum atomic E-state index is 11.5. The Morgan fingerprint density at radius 2 is 1.81 bits per heavy atom. The highest BCUT2D eigenvalue weighted by atomic mass is 79.9. The molecule has 0 heterocycles. The lowest BCUT2D eigenvalue weighted by molar-refractivity contribution is -0.140. The van der Waals surface area contributed by atoms with Crippen LogP contribution < -0.4 is 4.74 Å². The lowest BCUT2D eigenvalue weighted by Crippen LogP contribution is -2.10. The average Bonchev–Trinajstić information content (AvgIpc) is 2.44. The molecule has 0 atom stereocenters. The molecule has 1 aromatic carbocycles. The van der Waals surface area contributed by atoms with Crippen LogP contribution in [0.3, 0.4) is 0 Å². The predicted molar refractivity (Wildman–Crippen MR) is 76.7 cm³/mol. The van der Waals surface area contributed by atoms with Gasteiger partial charge in [0.2, 0.25) is 0 Å². The van der Waals surface area contributed by atoms with Crippen LogP contribution in [0.15, 0.2) is 40.9 Å². The lowest BCUT2D eigenvalue weighted by Gasteiger charge is -2.04. The van der Waals surface area contributed by atoms with Crippen LogP contribution in [-0.2, 0) is 19.1 Å². The zero-order valence-corrected chi connectivity index (χ0v) is 12.5. The molecule has 0 aromatic heterocycles. The van der Waals surface area contributed by atoms with Crippen molar-refractivity contribution < 1.29 is 29.0 Å². The number of ether oxygens (including phenoxy) is 2. The van der Waals surface area contributed by atoms with E-state index in [0.717, 1.165) is 10.5 Å². The van der Waals surface area contributed by atoms with Crippen LogP contribution in [-0.4, -0.2) is 29.6 Å². The molecule has 0 bridgehead atoms. The third-order valence-corrected chi connectivity index (χ3v) is 2.71. The monoisotopic (exact) mass is 356 g/mol. The van der Waals surface area contributed by atoms with Gasteiger partial charge in [-0.1, -0.05) is 15.9 Å². The Bertz CT molecular complexity index is 535. The molecular formula is C14H13BrO6. The Morgan fingerprint density at radius 1 is 1.14 bits per heavy atom. The number of carboxylic acids is 1. The van der Waals surface area contributed by atoms with Crippen LogP contribution in [0.25, 0.3) is 0 Å². The molecule has 1 rings (SSSR count). The molecule has 7 heteroatoms. The first-order valence-electron chi connectivity index (χ1n) is 6.01. The summed E-state index contributed by atoms with van der Waals surface area (Å²) >= 11 is 3.27. The standard InChI is InChI=1S/C14H13BrO6/c15-10-3-5-11(6-4-10)21-14(19)2-1-9-20-13(18)8-7-12(16)17/h3-8H,1-2,9H2,(H,16,17)/b8-7-. The van der Waals surface area contributed by atoms with Gasteiger partial charge < -0.3 is 14.6 Å². The van der Waals surface area contributed by atoms with E-state index in [1.54, 1.807) is 24.3 Å². The Labute approximate surface area is 129 Å². The van der Waals surface area contributed by atoms with Crippen molar-refractivity contribution in [1.82, 2.24) is 0 Å². The molecule has 0 saturated heterocycles. The van der Waals surface area contributed by atoms with Gasteiger partial charge in [0.1, 0.15) is 5.75 Å². The summed E-state index contributed by atoms with van der Waals surface area (Å²) in [6, 6.07) is 6.80. The van der Waals surface area contributed by atoms with Crippen molar-refractivity contribution in [1.29, 1.82) is 0 Å². The number of rotatable bonds is 7. The van der Waals surface area contributed by atoms with Gasteiger partial charge in [0, 0.05) is 23.0 Å². The summed E-state index contributed by atoms with van der Waals surface area (Å²) in [6.07, 6.45) is 1.88. The Balaban J connectivity index is 2.20. The van der Waals surface area contributed by atoms with Crippen LogP contribution in [0, 0.1) is 0 Å². The molecular weight excluding hydrogens is 344 g/mol. The van der Waals surface area contributed by atoms with E-state index < -0.39 is 17.9 Å². The summed E-state index contributed by atoms with van der Waals surface area (Å²) in [4.78, 5) is 32.7. The van der Waals surface area contributed by atoms with Crippen molar-refractivity contribution in [2.24, 2.45) is 0 Å². The molecule has 0 radical (unpaired) electrons. The third-order valence-electron chi connectivity index (χ3n) is 2.18. The lowest BCUT2D eigenvalue weighted by atomic mass is 10.3. The molecule has 0 fully saturated rings. The summed E-state index contributed by atoms with van der Waals surface area (Å²) < 4.78 is 10.6. The fraction of sp³-hybridized carbons (Fsp3) is 0.214. The second-order valence-corrected chi connectivity index (χ2v) is 4.79. The zero-order valence-electron chi connectivity index (χ0n) is 11.0. The minimum atomic E-state index is -1.23. The van der Waals surface area contributed by atoms with E-state index in [9.17, 15) is 14.4 Å². The number of hydrogen-bond donors (Lipinski definition) is 1. The Morgan fingerprint density at radius 3 is 2.43 bits per heavy atom. The van der Waals surface area contributed by atoms with Gasteiger partial charge in [0.05, 0.1) is 6.61 Å². The molecule has 0 saturated carbocycles. The molecule has 1 N–H and O–H groups in total. The molecule has 1 aromatic rings. The van der Waals surface area contributed by atoms with Crippen LogP contribution in [0.1, 0.15) is 12.8 Å². The van der Waals surface area contributed by atoms with Gasteiger partial charge in [0.15, 0.2) is 0 Å². The number of aliphatic carboxylic acids is 1. The highest BCUT2D eigenvalue weighted by molar-refractivity contribution is 9.10. The molecule has 6 nitrogen and oxygen atoms in total. The van der Waals surface area contributed by atoms with E-state index >= 15 is 0 Å². The van der Waals surface area contributed by atoms with E-state index in [0.29, 0.717) is 18.2 Å². The van der Waals surface area contributed by atoms with Gasteiger partial charge in [-0.25, -0.2) is 9.59 Å². The Kier molecular flexibility index (Phi) is 7.17. The molecule has 21 heavy (non-hydrogen) atoms. The van der Waals surface area contributed by atoms with Gasteiger partial charge in [-0.2, -0.15) is 0 Å². The normalized spacial score (nSPS) is 10.3. The number of hydrogen-bond acceptors (Lipinski definition) is 5. The highest BCUT2D eigenvalue weighted by Gasteiger charge is 2.06. The molecule has 0 aliphatic rings. The maximum Gasteiger partial charge on any atom is 0.331 e. The number of carbonyl (C=O) groups excluding carboxylic acids is 2. The SMILES string of the molecule is O=C(O)/C=C\C(=O)OCCCC(=O)Oc1ccc(Br)cc1. The summed E-state index contributed by atoms with van der Waals surface area (Å²) in [5.74, 6) is -2.00. The van der Waals surface area contributed by atoms with Crippen molar-refractivity contribution in [3.63, 3.8) is 0 Å². The number of esters is 2. The van der Waals surface area contributed by atoms with Gasteiger partial charge in [-0.05, 0) is 30.7 Å². The highest BCUT2D eigenvalue weighted by Crippen LogP contribution is 2.16. The van der Waals surface area contributed by atoms with Gasteiger partial charge in [-0.15, -0.1) is 0 Å². The third kappa shape index (κ3) is 7.88. The summed E-state index contributed by atoms with van der Waals surface area (Å²) in [5.41, 5.74) is 0. The second-order valence-electron chi connectivity index (χ2n) is 3.87. The molecule has 0 spiro atoms. The van der Waals surface area contributed by atoms with Crippen molar-refractivity contribution in [2.45, 2.75) is 12.8 Å². The molecule has 0 amide bonds. The van der Waals surface area contributed by atoms with Gasteiger partial charge in [0.25, 0.3) is 0 Å². The summed E-state index contributed by atoms with van der Waals surface area (Å²) in [6.45, 7) is 0.0121. The zero-order chi connectivity index (χ0) is 15.7. The Hall–Kier alpha value is -2.15. The second kappa shape index (κ2) is 8.91. The minimum Gasteiger partial charge on any atom is -0.478 e. The number of halogens is 1. The quantitative estimate of drug-likeness (QED) is 0.349. The average molecular weight is 357 g/mol. The first-order valence-corrected chi connectivity index (χ1v) is 6.80. The number of carboxylic acid groups (broad SMARTS) is 1. The fourth-order valence-corrected chi connectivity index (χ4v) is 1.53. The van der Waals surface area contributed by atoms with E-state index in [2.05, 4.69) is 15.9 Å². The first kappa shape index (κ1) is 16.9. The largest absolute Gasteiger partial charge is 0.478 e. The maximum absolute atomic E-state index is 11.5. The number of benzene rings is 1. The fourth-order valence-electron chi connectivity index (χ4n) is 1.26. The minimum absolute atomic E-state index is 0.0121. The van der Waals surface area contributed by atoms with Crippen LogP contribution in [0.2, 0.25) is 0 Å². The summed E-state index contributed by atoms with van der Waals surface area (Å²) in [7, 11) is 0. The van der Waals surface area contributed by atoms with Gasteiger partial charge in [-0.3, -0.25) is 4.79 Å². The van der Waals surface area contributed by atoms with Gasteiger partial charge >= 0.3 is 17.9 Å². The number of carbonyl (C=O) groups is 3. The van der Waals surface area contributed by atoms with Crippen LogP contribution in [0.4, 0.5) is 0 Å². The van der Waals surface area contributed by atoms with E-state index in [4.69, 9.17) is 14.6 Å². The molecule has 0 unspecified atom stereocenters. The van der Waals surface area contributed by atoms with Crippen molar-refractivity contribution >= 4 is 33.8 Å². The van der Waals surface area contributed by atoms with Crippen molar-refractivity contribution in [3.8, 4) is 5.75 Å². The molecule has 0 aliphatic heterocycles. The van der Waals surface area contributed by atoms with E-state index in [1.165, 1.54) is 0 Å². The molecule has 112 valence electrons. The topological polar surface area (TPSA) is 89.9 Å². The van der Waals surface area contributed by atoms with Crippen LogP contribution in [0.5, 0.6) is 5.75 Å². The van der Waals surface area contributed by atoms with Crippen molar-refractivity contribution in [2.75, 3.05) is 6.61 Å². The van der Waals surface area contributed by atoms with E-state index in [1.807, 2.05) is 0 Å². The van der Waals surface area contributed by atoms with E-state index in [-0.39, 0.29) is 13.0 Å². The van der Waals surface area contributed by atoms with Crippen molar-refractivity contribution in [3.05, 3.63) is 40.9 Å². The molecule has 0 aliphatic carbocycles. The predicted octanol–water partition coefficient (Wildman–Crippen LogP) is 2.32. The first-order chi connectivity index (χ1) is 9.97. The smallest absolute Gasteiger partial charge is 0.331 e.